The van der Waals surface area contributed by atoms with E-state index in [4.69, 9.17) is 14.2 Å². The van der Waals surface area contributed by atoms with Crippen LogP contribution in [0, 0.1) is 0 Å². The van der Waals surface area contributed by atoms with Crippen molar-refractivity contribution in [2.24, 2.45) is 0 Å². The van der Waals surface area contributed by atoms with Crippen molar-refractivity contribution in [2.75, 3.05) is 26.4 Å². The molecule has 2 rings (SSSR count). The van der Waals surface area contributed by atoms with Crippen molar-refractivity contribution in [2.45, 2.75) is 44.0 Å². The number of fused-ring (bicyclic) bond motifs is 1. The maximum Gasteiger partial charge on any atom is 0.328 e. The molecule has 1 amide bonds. The molecule has 166 valence electrons. The molecule has 10 heteroatoms. The van der Waals surface area contributed by atoms with E-state index < -0.39 is 27.9 Å². The van der Waals surface area contributed by atoms with Crippen LogP contribution in [0.3, 0.4) is 0 Å². The second kappa shape index (κ2) is 11.6. The van der Waals surface area contributed by atoms with Crippen LogP contribution in [-0.4, -0.2) is 52.7 Å². The highest BCUT2D eigenvalue weighted by molar-refractivity contribution is 7.89. The van der Waals surface area contributed by atoms with E-state index in [0.29, 0.717) is 37.6 Å². The van der Waals surface area contributed by atoms with Gasteiger partial charge in [-0.3, -0.25) is 4.79 Å². The second-order valence-electron chi connectivity index (χ2n) is 6.48. The van der Waals surface area contributed by atoms with Crippen LogP contribution in [0.15, 0.2) is 35.2 Å². The number of carbonyl (C=O) groups is 2. The van der Waals surface area contributed by atoms with Crippen LogP contribution in [0.1, 0.15) is 33.1 Å². The topological polar surface area (TPSA) is 120 Å². The van der Waals surface area contributed by atoms with Gasteiger partial charge in [-0.15, -0.1) is 0 Å². The SMILES string of the molecule is CC=CCC(NC(=O)CCNS(=O)(=O)c1ccc2c(c1)OCCCO2)C(=O)OCC. The summed E-state index contributed by atoms with van der Waals surface area (Å²) in [5.74, 6) is -0.123. The molecule has 0 spiro atoms. The highest BCUT2D eigenvalue weighted by Crippen LogP contribution is 2.31. The lowest BCUT2D eigenvalue weighted by Gasteiger charge is -2.16. The van der Waals surface area contributed by atoms with E-state index in [-0.39, 0.29) is 24.5 Å². The van der Waals surface area contributed by atoms with E-state index in [1.165, 1.54) is 12.1 Å². The van der Waals surface area contributed by atoms with Gasteiger partial charge >= 0.3 is 5.97 Å². The smallest absolute Gasteiger partial charge is 0.328 e. The summed E-state index contributed by atoms with van der Waals surface area (Å²) < 4.78 is 43.4. The quantitative estimate of drug-likeness (QED) is 0.418. The minimum absolute atomic E-state index is 0.0182. The van der Waals surface area contributed by atoms with Crippen molar-refractivity contribution < 1.29 is 32.2 Å². The number of benzene rings is 1. The van der Waals surface area contributed by atoms with Gasteiger partial charge in [-0.25, -0.2) is 17.9 Å². The van der Waals surface area contributed by atoms with Gasteiger partial charge in [0.15, 0.2) is 11.5 Å². The molecule has 1 aromatic rings. The summed E-state index contributed by atoms with van der Waals surface area (Å²) in [5.41, 5.74) is 0. The lowest BCUT2D eigenvalue weighted by atomic mass is 10.2. The van der Waals surface area contributed by atoms with Gasteiger partial charge in [-0.2, -0.15) is 0 Å². The summed E-state index contributed by atoms with van der Waals surface area (Å²) in [5, 5.41) is 2.57. The number of ether oxygens (including phenoxy) is 3. The highest BCUT2D eigenvalue weighted by atomic mass is 32.2. The molecule has 0 aliphatic carbocycles. The van der Waals surface area contributed by atoms with Gasteiger partial charge in [0.2, 0.25) is 15.9 Å². The Balaban J connectivity index is 1.92. The molecule has 0 saturated heterocycles. The summed E-state index contributed by atoms with van der Waals surface area (Å²) in [6, 6.07) is 3.56. The van der Waals surface area contributed by atoms with E-state index >= 15 is 0 Å². The molecule has 0 fully saturated rings. The molecule has 1 aliphatic rings. The maximum absolute atomic E-state index is 12.5. The fourth-order valence-electron chi connectivity index (χ4n) is 2.69. The number of allylic oxidation sites excluding steroid dienone is 1. The number of hydrogen-bond donors (Lipinski definition) is 2. The minimum atomic E-state index is -3.84. The van der Waals surface area contributed by atoms with Crippen LogP contribution in [0.2, 0.25) is 0 Å². The molecule has 0 bridgehead atoms. The Morgan fingerprint density at radius 2 is 1.97 bits per heavy atom. The summed E-state index contributed by atoms with van der Waals surface area (Å²) >= 11 is 0. The molecular weight excluding hydrogens is 412 g/mol. The van der Waals surface area contributed by atoms with Crippen molar-refractivity contribution in [1.82, 2.24) is 10.0 Å². The third-order valence-corrected chi connectivity index (χ3v) is 5.65. The molecule has 1 atom stereocenters. The Morgan fingerprint density at radius 3 is 2.67 bits per heavy atom. The summed E-state index contributed by atoms with van der Waals surface area (Å²) in [4.78, 5) is 24.1. The largest absolute Gasteiger partial charge is 0.490 e. The molecule has 1 heterocycles. The Hall–Kier alpha value is -2.59. The van der Waals surface area contributed by atoms with Gasteiger partial charge in [0.05, 0.1) is 24.7 Å². The van der Waals surface area contributed by atoms with Gasteiger partial charge in [0, 0.05) is 25.5 Å². The van der Waals surface area contributed by atoms with Crippen molar-refractivity contribution in [3.8, 4) is 11.5 Å². The van der Waals surface area contributed by atoms with Gasteiger partial charge in [-0.1, -0.05) is 12.2 Å². The number of hydrogen-bond acceptors (Lipinski definition) is 7. The normalized spacial score (nSPS) is 14.7. The number of sulfonamides is 1. The molecule has 1 aliphatic heterocycles. The molecule has 1 aromatic carbocycles. The predicted molar refractivity (Wildman–Crippen MR) is 110 cm³/mol. The van der Waals surface area contributed by atoms with Gasteiger partial charge in [0.1, 0.15) is 6.04 Å². The van der Waals surface area contributed by atoms with Gasteiger partial charge in [-0.05, 0) is 32.4 Å². The van der Waals surface area contributed by atoms with Crippen LogP contribution in [0.25, 0.3) is 0 Å². The van der Waals surface area contributed by atoms with Crippen molar-refractivity contribution in [3.05, 3.63) is 30.4 Å². The Bertz CT molecular complexity index is 868. The molecule has 9 nitrogen and oxygen atoms in total. The van der Waals surface area contributed by atoms with E-state index in [1.54, 1.807) is 32.1 Å². The van der Waals surface area contributed by atoms with Crippen molar-refractivity contribution >= 4 is 21.9 Å². The van der Waals surface area contributed by atoms with Crippen molar-refractivity contribution in [3.63, 3.8) is 0 Å². The number of nitrogens with one attached hydrogen (secondary N) is 2. The van der Waals surface area contributed by atoms with Crippen LogP contribution in [-0.2, 0) is 24.3 Å². The zero-order valence-electron chi connectivity index (χ0n) is 17.2. The fraction of sp³-hybridized carbons (Fsp3) is 0.500. The van der Waals surface area contributed by atoms with Crippen molar-refractivity contribution in [1.29, 1.82) is 0 Å². The first kappa shape index (κ1) is 23.7. The average Bonchev–Trinajstić information content (AvgIpc) is 2.96. The average molecular weight is 441 g/mol. The Labute approximate surface area is 176 Å². The monoisotopic (exact) mass is 440 g/mol. The van der Waals surface area contributed by atoms with Crippen LogP contribution in [0.5, 0.6) is 11.5 Å². The van der Waals surface area contributed by atoms with Gasteiger partial charge < -0.3 is 19.5 Å². The lowest BCUT2D eigenvalue weighted by Crippen LogP contribution is -2.42. The number of rotatable bonds is 10. The molecule has 2 N–H and O–H groups in total. The number of esters is 1. The van der Waals surface area contributed by atoms with E-state index in [2.05, 4.69) is 10.0 Å². The highest BCUT2D eigenvalue weighted by Gasteiger charge is 2.22. The van der Waals surface area contributed by atoms with E-state index in [1.807, 2.05) is 0 Å². The zero-order valence-corrected chi connectivity index (χ0v) is 18.0. The molecule has 0 radical (unpaired) electrons. The summed E-state index contributed by atoms with van der Waals surface area (Å²) in [7, 11) is -3.84. The molecule has 1 unspecified atom stereocenters. The van der Waals surface area contributed by atoms with E-state index in [0.717, 1.165) is 0 Å². The second-order valence-corrected chi connectivity index (χ2v) is 8.25. The standard InChI is InChI=1S/C20H28N2O7S/c1-3-5-7-16(20(24)27-4-2)22-19(23)10-11-21-30(25,26)15-8-9-17-18(14-15)29-13-6-12-28-17/h3,5,8-9,14,16,21H,4,6-7,10-13H2,1-2H3,(H,22,23). The third kappa shape index (κ3) is 7.03. The Morgan fingerprint density at radius 1 is 1.23 bits per heavy atom. The first-order chi connectivity index (χ1) is 14.4. The van der Waals surface area contributed by atoms with Crippen LogP contribution >= 0.6 is 0 Å². The third-order valence-electron chi connectivity index (χ3n) is 4.19. The first-order valence-electron chi connectivity index (χ1n) is 9.84. The predicted octanol–water partition coefficient (Wildman–Crippen LogP) is 1.53. The molecule has 0 saturated carbocycles. The number of amides is 1. The first-order valence-corrected chi connectivity index (χ1v) is 11.3. The summed E-state index contributed by atoms with van der Waals surface area (Å²) in [6.07, 6.45) is 4.39. The van der Waals surface area contributed by atoms with Crippen LogP contribution < -0.4 is 19.5 Å². The zero-order chi connectivity index (χ0) is 22.0. The van der Waals surface area contributed by atoms with E-state index in [9.17, 15) is 18.0 Å². The maximum atomic E-state index is 12.5. The summed E-state index contributed by atoms with van der Waals surface area (Å²) in [6.45, 7) is 4.52. The number of carbonyl (C=O) groups excluding carboxylic acids is 2. The van der Waals surface area contributed by atoms with Gasteiger partial charge in [0.25, 0.3) is 0 Å². The molecule has 30 heavy (non-hydrogen) atoms. The fourth-order valence-corrected chi connectivity index (χ4v) is 3.74. The minimum Gasteiger partial charge on any atom is -0.490 e. The molecule has 0 aromatic heterocycles. The lowest BCUT2D eigenvalue weighted by molar-refractivity contribution is -0.147. The Kier molecular flexibility index (Phi) is 9.13. The molecular formula is C20H28N2O7S. The van der Waals surface area contributed by atoms with Crippen LogP contribution in [0.4, 0.5) is 0 Å².